The molecule has 112 valence electrons. The first-order chi connectivity index (χ1) is 9.72. The second-order valence-electron chi connectivity index (χ2n) is 4.02. The summed E-state index contributed by atoms with van der Waals surface area (Å²) in [6.07, 6.45) is 0. The molecule has 1 atom stereocenters. The molecule has 0 spiro atoms. The molecule has 2 N–H and O–H groups in total. The van der Waals surface area contributed by atoms with Crippen molar-refractivity contribution in [3.63, 3.8) is 0 Å². The molecule has 6 heteroatoms. The number of carbonyl (C=O) groups excluding carboxylic acids is 1. The molecule has 0 amide bonds. The second kappa shape index (κ2) is 9.30. The van der Waals surface area contributed by atoms with Gasteiger partial charge < -0.3 is 19.3 Å². The average Bonchev–Trinajstić information content (AvgIpc) is 2.50. The van der Waals surface area contributed by atoms with E-state index in [1.165, 1.54) is 7.11 Å². The van der Waals surface area contributed by atoms with Crippen LogP contribution in [0.15, 0.2) is 24.3 Å². The van der Waals surface area contributed by atoms with Crippen LogP contribution < -0.4 is 10.1 Å². The predicted octanol–water partition coefficient (Wildman–Crippen LogP) is 0.508. The minimum atomic E-state index is -0.552. The van der Waals surface area contributed by atoms with E-state index in [1.807, 2.05) is 12.1 Å². The zero-order valence-electron chi connectivity index (χ0n) is 11.8. The summed E-state index contributed by atoms with van der Waals surface area (Å²) in [5, 5.41) is 11.7. The molecule has 1 aromatic rings. The number of rotatable bonds is 9. The topological polar surface area (TPSA) is 77.0 Å². The summed E-state index contributed by atoms with van der Waals surface area (Å²) in [6.45, 7) is 1.15. The largest absolute Gasteiger partial charge is 0.497 e. The van der Waals surface area contributed by atoms with Crippen molar-refractivity contribution < 1.29 is 24.1 Å². The smallest absolute Gasteiger partial charge is 0.327 e. The Balaban J connectivity index is 2.61. The molecule has 0 aliphatic carbocycles. The Bertz CT molecular complexity index is 393. The van der Waals surface area contributed by atoms with Gasteiger partial charge in [-0.2, -0.15) is 0 Å². The number of esters is 1. The van der Waals surface area contributed by atoms with E-state index in [0.29, 0.717) is 13.2 Å². The summed E-state index contributed by atoms with van der Waals surface area (Å²) in [6, 6.07) is 6.64. The van der Waals surface area contributed by atoms with Crippen LogP contribution in [0.2, 0.25) is 0 Å². The Labute approximate surface area is 118 Å². The van der Waals surface area contributed by atoms with Crippen LogP contribution in [0.3, 0.4) is 0 Å². The molecule has 0 saturated carbocycles. The Morgan fingerprint density at radius 2 is 1.95 bits per heavy atom. The summed E-state index contributed by atoms with van der Waals surface area (Å²) in [5.41, 5.74) is 0.791. The van der Waals surface area contributed by atoms with Crippen molar-refractivity contribution in [1.29, 1.82) is 0 Å². The van der Waals surface area contributed by atoms with Gasteiger partial charge in [-0.3, -0.25) is 5.32 Å². The molecule has 1 aromatic carbocycles. The Morgan fingerprint density at radius 3 is 2.50 bits per heavy atom. The maximum Gasteiger partial charge on any atom is 0.327 e. The number of nitrogens with one attached hydrogen (secondary N) is 1. The van der Waals surface area contributed by atoms with Crippen LogP contribution in [0, 0.1) is 0 Å². The molecule has 1 unspecified atom stereocenters. The second-order valence-corrected chi connectivity index (χ2v) is 4.02. The molecule has 1 rings (SSSR count). The molecule has 0 heterocycles. The average molecular weight is 283 g/mol. The number of methoxy groups -OCH3 is 2. The predicted molar refractivity (Wildman–Crippen MR) is 73.7 cm³/mol. The number of aliphatic hydroxyl groups is 1. The van der Waals surface area contributed by atoms with Gasteiger partial charge in [0.2, 0.25) is 0 Å². The van der Waals surface area contributed by atoms with Crippen molar-refractivity contribution in [2.75, 3.05) is 40.6 Å². The lowest BCUT2D eigenvalue weighted by atomic mass is 10.1. The summed E-state index contributed by atoms with van der Waals surface area (Å²) in [4.78, 5) is 11.8. The van der Waals surface area contributed by atoms with Crippen molar-refractivity contribution in [2.45, 2.75) is 6.04 Å². The van der Waals surface area contributed by atoms with E-state index in [2.05, 4.69) is 5.32 Å². The standard InChI is InChI=1S/C14H21NO5/c1-18-12-5-3-11(4-6-12)13(14(17)19-2)15-7-9-20-10-8-16/h3-6,13,15-16H,7-10H2,1-2H3. The van der Waals surface area contributed by atoms with Crippen LogP contribution in [0.1, 0.15) is 11.6 Å². The van der Waals surface area contributed by atoms with Crippen molar-refractivity contribution in [3.8, 4) is 5.75 Å². The molecule has 0 radical (unpaired) electrons. The summed E-state index contributed by atoms with van der Waals surface area (Å²) in [5.74, 6) is 0.362. The quantitative estimate of drug-likeness (QED) is 0.508. The Kier molecular flexibility index (Phi) is 7.64. The molecule has 0 aliphatic rings. The van der Waals surface area contributed by atoms with Gasteiger partial charge in [-0.1, -0.05) is 12.1 Å². The number of carbonyl (C=O) groups is 1. The van der Waals surface area contributed by atoms with Crippen LogP contribution in [-0.4, -0.2) is 51.7 Å². The van der Waals surface area contributed by atoms with Crippen LogP contribution in [0.4, 0.5) is 0 Å². The van der Waals surface area contributed by atoms with Crippen molar-refractivity contribution in [3.05, 3.63) is 29.8 Å². The van der Waals surface area contributed by atoms with Crippen LogP contribution in [0.5, 0.6) is 5.75 Å². The first-order valence-electron chi connectivity index (χ1n) is 6.36. The summed E-state index contributed by atoms with van der Waals surface area (Å²) >= 11 is 0. The molecule has 0 aromatic heterocycles. The molecule has 0 bridgehead atoms. The first kappa shape index (κ1) is 16.4. The third kappa shape index (κ3) is 5.16. The van der Waals surface area contributed by atoms with E-state index >= 15 is 0 Å². The lowest BCUT2D eigenvalue weighted by Gasteiger charge is -2.17. The number of aliphatic hydroxyl groups excluding tert-OH is 1. The zero-order valence-corrected chi connectivity index (χ0v) is 11.8. The van der Waals surface area contributed by atoms with Gasteiger partial charge in [0.15, 0.2) is 0 Å². The van der Waals surface area contributed by atoms with Crippen molar-refractivity contribution in [1.82, 2.24) is 5.32 Å². The fourth-order valence-corrected chi connectivity index (χ4v) is 1.69. The van der Waals surface area contributed by atoms with Gasteiger partial charge in [-0.25, -0.2) is 4.79 Å². The SMILES string of the molecule is COC(=O)C(NCCOCCO)c1ccc(OC)cc1. The molecule has 0 fully saturated rings. The third-order valence-electron chi connectivity index (χ3n) is 2.72. The Hall–Kier alpha value is -1.63. The molecule has 20 heavy (non-hydrogen) atoms. The minimum Gasteiger partial charge on any atom is -0.497 e. The van der Waals surface area contributed by atoms with E-state index in [1.54, 1.807) is 19.2 Å². The maximum atomic E-state index is 11.8. The highest BCUT2D eigenvalue weighted by atomic mass is 16.5. The van der Waals surface area contributed by atoms with E-state index in [4.69, 9.17) is 19.3 Å². The van der Waals surface area contributed by atoms with Crippen LogP contribution >= 0.6 is 0 Å². The highest BCUT2D eigenvalue weighted by Crippen LogP contribution is 2.18. The summed E-state index contributed by atoms with van der Waals surface area (Å²) in [7, 11) is 2.94. The fraction of sp³-hybridized carbons (Fsp3) is 0.500. The van der Waals surface area contributed by atoms with Gasteiger partial charge in [-0.15, -0.1) is 0 Å². The molecule has 0 aliphatic heterocycles. The van der Waals surface area contributed by atoms with Gasteiger partial charge >= 0.3 is 5.97 Å². The Morgan fingerprint density at radius 1 is 1.25 bits per heavy atom. The van der Waals surface area contributed by atoms with Crippen LogP contribution in [0.25, 0.3) is 0 Å². The number of hydrogen-bond donors (Lipinski definition) is 2. The monoisotopic (exact) mass is 283 g/mol. The molecular weight excluding hydrogens is 262 g/mol. The van der Waals surface area contributed by atoms with Crippen molar-refractivity contribution >= 4 is 5.97 Å². The number of ether oxygens (including phenoxy) is 3. The molecular formula is C14H21NO5. The molecule has 0 saturated heterocycles. The van der Waals surface area contributed by atoms with E-state index in [0.717, 1.165) is 11.3 Å². The third-order valence-corrected chi connectivity index (χ3v) is 2.72. The van der Waals surface area contributed by atoms with Crippen LogP contribution in [-0.2, 0) is 14.3 Å². The van der Waals surface area contributed by atoms with E-state index in [9.17, 15) is 4.79 Å². The minimum absolute atomic E-state index is 0.0150. The van der Waals surface area contributed by atoms with Gasteiger partial charge in [0.05, 0.1) is 34.0 Å². The van der Waals surface area contributed by atoms with E-state index in [-0.39, 0.29) is 19.2 Å². The number of hydrogen-bond acceptors (Lipinski definition) is 6. The fourth-order valence-electron chi connectivity index (χ4n) is 1.69. The van der Waals surface area contributed by atoms with E-state index < -0.39 is 6.04 Å². The normalized spacial score (nSPS) is 11.9. The van der Waals surface area contributed by atoms with Gasteiger partial charge in [0.25, 0.3) is 0 Å². The maximum absolute atomic E-state index is 11.8. The number of benzene rings is 1. The molecule has 6 nitrogen and oxygen atoms in total. The first-order valence-corrected chi connectivity index (χ1v) is 6.36. The zero-order chi connectivity index (χ0) is 14.8. The summed E-state index contributed by atoms with van der Waals surface area (Å²) < 4.78 is 15.0. The highest BCUT2D eigenvalue weighted by molar-refractivity contribution is 5.77. The highest BCUT2D eigenvalue weighted by Gasteiger charge is 2.20. The van der Waals surface area contributed by atoms with Gasteiger partial charge in [0.1, 0.15) is 11.8 Å². The lowest BCUT2D eigenvalue weighted by Crippen LogP contribution is -2.32. The van der Waals surface area contributed by atoms with Gasteiger partial charge in [-0.05, 0) is 17.7 Å². The van der Waals surface area contributed by atoms with Crippen molar-refractivity contribution in [2.24, 2.45) is 0 Å². The van der Waals surface area contributed by atoms with Gasteiger partial charge in [0, 0.05) is 6.54 Å². The lowest BCUT2D eigenvalue weighted by molar-refractivity contribution is -0.143.